The van der Waals surface area contributed by atoms with E-state index in [4.69, 9.17) is 5.11 Å². The van der Waals surface area contributed by atoms with Gasteiger partial charge in [-0.2, -0.15) is 0 Å². The molecule has 88 valence electrons. The van der Waals surface area contributed by atoms with Gasteiger partial charge >= 0.3 is 5.97 Å². The number of halogens is 2. The number of carbonyl (C=O) groups is 1. The lowest BCUT2D eigenvalue weighted by molar-refractivity contribution is -0.138. The molecule has 0 aliphatic carbocycles. The lowest BCUT2D eigenvalue weighted by Gasteiger charge is -2.23. The van der Waals surface area contributed by atoms with Crippen LogP contribution >= 0.6 is 15.9 Å². The molecular formula is C11H12BrFO3. The van der Waals surface area contributed by atoms with Crippen molar-refractivity contribution in [2.45, 2.75) is 25.4 Å². The van der Waals surface area contributed by atoms with Crippen LogP contribution in [0, 0.1) is 5.82 Å². The van der Waals surface area contributed by atoms with Gasteiger partial charge in [0.05, 0.1) is 5.60 Å². The van der Waals surface area contributed by atoms with Gasteiger partial charge in [-0.05, 0) is 31.5 Å². The largest absolute Gasteiger partial charge is 0.481 e. The van der Waals surface area contributed by atoms with E-state index in [1.54, 1.807) is 0 Å². The van der Waals surface area contributed by atoms with Crippen molar-refractivity contribution >= 4 is 21.9 Å². The second-order valence-corrected chi connectivity index (χ2v) is 4.71. The van der Waals surface area contributed by atoms with Gasteiger partial charge in [0.2, 0.25) is 0 Å². The highest BCUT2D eigenvalue weighted by molar-refractivity contribution is 9.10. The summed E-state index contributed by atoms with van der Waals surface area (Å²) in [5, 5.41) is 18.5. The molecule has 0 heterocycles. The second kappa shape index (κ2) is 4.93. The third-order valence-corrected chi connectivity index (χ3v) is 2.83. The summed E-state index contributed by atoms with van der Waals surface area (Å²) in [7, 11) is 0. The smallest absolute Gasteiger partial charge is 0.303 e. The van der Waals surface area contributed by atoms with Gasteiger partial charge in [0.25, 0.3) is 0 Å². The van der Waals surface area contributed by atoms with Crippen LogP contribution in [0.15, 0.2) is 22.7 Å². The topological polar surface area (TPSA) is 57.5 Å². The SMILES string of the molecule is CC(O)(CCC(=O)O)c1cc(Br)ccc1F. The molecule has 0 aliphatic rings. The maximum Gasteiger partial charge on any atom is 0.303 e. The fourth-order valence-electron chi connectivity index (χ4n) is 1.40. The first-order chi connectivity index (χ1) is 7.33. The Morgan fingerprint density at radius 2 is 2.19 bits per heavy atom. The van der Waals surface area contributed by atoms with Gasteiger partial charge in [0, 0.05) is 16.5 Å². The second-order valence-electron chi connectivity index (χ2n) is 3.79. The van der Waals surface area contributed by atoms with E-state index in [0.717, 1.165) is 0 Å². The zero-order valence-corrected chi connectivity index (χ0v) is 10.3. The van der Waals surface area contributed by atoms with E-state index in [-0.39, 0.29) is 18.4 Å². The molecule has 1 aromatic carbocycles. The molecule has 1 aromatic rings. The first-order valence-electron chi connectivity index (χ1n) is 4.72. The summed E-state index contributed by atoms with van der Waals surface area (Å²) in [6, 6.07) is 4.21. The molecule has 0 aromatic heterocycles. The van der Waals surface area contributed by atoms with E-state index < -0.39 is 17.4 Å². The lowest BCUT2D eigenvalue weighted by atomic mass is 9.91. The number of hydrogen-bond donors (Lipinski definition) is 2. The van der Waals surface area contributed by atoms with Gasteiger partial charge in [-0.3, -0.25) is 4.79 Å². The molecule has 0 aliphatic heterocycles. The van der Waals surface area contributed by atoms with Gasteiger partial charge in [-0.15, -0.1) is 0 Å². The molecule has 0 fully saturated rings. The maximum atomic E-state index is 13.5. The number of carboxylic acid groups (broad SMARTS) is 1. The summed E-state index contributed by atoms with van der Waals surface area (Å²) in [6.07, 6.45) is -0.241. The van der Waals surface area contributed by atoms with Crippen LogP contribution in [0.2, 0.25) is 0 Å². The molecule has 0 spiro atoms. The molecule has 2 N–H and O–H groups in total. The summed E-state index contributed by atoms with van der Waals surface area (Å²) >= 11 is 3.17. The fourth-order valence-corrected chi connectivity index (χ4v) is 1.76. The minimum absolute atomic E-state index is 0.0320. The Labute approximate surface area is 101 Å². The van der Waals surface area contributed by atoms with E-state index in [1.165, 1.54) is 25.1 Å². The van der Waals surface area contributed by atoms with E-state index in [9.17, 15) is 14.3 Å². The van der Waals surface area contributed by atoms with Gasteiger partial charge in [-0.1, -0.05) is 15.9 Å². The van der Waals surface area contributed by atoms with Crippen molar-refractivity contribution in [2.75, 3.05) is 0 Å². The first-order valence-corrected chi connectivity index (χ1v) is 5.52. The third-order valence-electron chi connectivity index (χ3n) is 2.33. The molecule has 1 unspecified atom stereocenters. The Balaban J connectivity index is 2.96. The molecule has 1 rings (SSSR count). The Morgan fingerprint density at radius 1 is 1.56 bits per heavy atom. The highest BCUT2D eigenvalue weighted by Gasteiger charge is 2.27. The predicted octanol–water partition coefficient (Wildman–Crippen LogP) is 2.66. The number of rotatable bonds is 4. The zero-order chi connectivity index (χ0) is 12.3. The van der Waals surface area contributed by atoms with Crippen LogP contribution in [0.25, 0.3) is 0 Å². The van der Waals surface area contributed by atoms with Crippen LogP contribution in [0.1, 0.15) is 25.3 Å². The van der Waals surface area contributed by atoms with E-state index in [0.29, 0.717) is 4.47 Å². The summed E-state index contributed by atoms with van der Waals surface area (Å²) in [5.41, 5.74) is -1.38. The molecule has 0 bridgehead atoms. The number of aliphatic hydroxyl groups is 1. The molecule has 0 saturated heterocycles. The number of aliphatic carboxylic acids is 1. The quantitative estimate of drug-likeness (QED) is 0.896. The standard InChI is InChI=1S/C11H12BrFO3/c1-11(16,5-4-10(14)15)8-6-7(12)2-3-9(8)13/h2-3,6,16H,4-5H2,1H3,(H,14,15). The summed E-state index contributed by atoms with van der Waals surface area (Å²) < 4.78 is 14.1. The van der Waals surface area contributed by atoms with Gasteiger partial charge in [-0.25, -0.2) is 4.39 Å². The number of carboxylic acids is 1. The summed E-state index contributed by atoms with van der Waals surface area (Å²) in [4.78, 5) is 10.4. The number of benzene rings is 1. The maximum absolute atomic E-state index is 13.5. The summed E-state index contributed by atoms with van der Waals surface area (Å²) in [6.45, 7) is 1.40. The highest BCUT2D eigenvalue weighted by atomic mass is 79.9. The van der Waals surface area contributed by atoms with Gasteiger partial charge < -0.3 is 10.2 Å². The van der Waals surface area contributed by atoms with Gasteiger partial charge in [0.15, 0.2) is 0 Å². The molecule has 5 heteroatoms. The van der Waals surface area contributed by atoms with Crippen molar-refractivity contribution in [1.29, 1.82) is 0 Å². The van der Waals surface area contributed by atoms with Crippen LogP contribution in [-0.2, 0) is 10.4 Å². The van der Waals surface area contributed by atoms with Crippen LogP contribution in [0.4, 0.5) is 4.39 Å². The van der Waals surface area contributed by atoms with Crippen molar-refractivity contribution in [3.05, 3.63) is 34.1 Å². The van der Waals surface area contributed by atoms with E-state index >= 15 is 0 Å². The van der Waals surface area contributed by atoms with E-state index in [1.807, 2.05) is 0 Å². The van der Waals surface area contributed by atoms with Crippen molar-refractivity contribution in [3.63, 3.8) is 0 Å². The summed E-state index contributed by atoms with van der Waals surface area (Å²) in [5.74, 6) is -1.56. The average molecular weight is 291 g/mol. The Morgan fingerprint density at radius 3 is 2.75 bits per heavy atom. The third kappa shape index (κ3) is 3.28. The van der Waals surface area contributed by atoms with Crippen molar-refractivity contribution < 1.29 is 19.4 Å². The zero-order valence-electron chi connectivity index (χ0n) is 8.70. The minimum atomic E-state index is -1.48. The van der Waals surface area contributed by atoms with Gasteiger partial charge in [0.1, 0.15) is 5.82 Å². The number of hydrogen-bond acceptors (Lipinski definition) is 2. The predicted molar refractivity (Wildman–Crippen MR) is 60.5 cm³/mol. The van der Waals surface area contributed by atoms with Crippen molar-refractivity contribution in [2.24, 2.45) is 0 Å². The Hall–Kier alpha value is -0.940. The normalized spacial score (nSPS) is 14.5. The molecule has 0 amide bonds. The molecule has 0 saturated carbocycles. The van der Waals surface area contributed by atoms with Crippen LogP contribution in [0.5, 0.6) is 0 Å². The monoisotopic (exact) mass is 290 g/mol. The highest BCUT2D eigenvalue weighted by Crippen LogP contribution is 2.30. The van der Waals surface area contributed by atoms with Crippen molar-refractivity contribution in [3.8, 4) is 0 Å². The Kier molecular flexibility index (Phi) is 4.04. The van der Waals surface area contributed by atoms with Crippen molar-refractivity contribution in [1.82, 2.24) is 0 Å². The molecule has 1 atom stereocenters. The van der Waals surface area contributed by atoms with Crippen LogP contribution < -0.4 is 0 Å². The lowest BCUT2D eigenvalue weighted by Crippen LogP contribution is -2.23. The first kappa shape index (κ1) is 13.1. The minimum Gasteiger partial charge on any atom is -0.481 e. The molecule has 16 heavy (non-hydrogen) atoms. The molecule has 3 nitrogen and oxygen atoms in total. The van der Waals surface area contributed by atoms with Crippen LogP contribution in [0.3, 0.4) is 0 Å². The van der Waals surface area contributed by atoms with Crippen LogP contribution in [-0.4, -0.2) is 16.2 Å². The van der Waals surface area contributed by atoms with E-state index in [2.05, 4.69) is 15.9 Å². The fraction of sp³-hybridized carbons (Fsp3) is 0.364. The molecule has 0 radical (unpaired) electrons. The average Bonchev–Trinajstić information content (AvgIpc) is 2.19. The molecular weight excluding hydrogens is 279 g/mol. The Bertz CT molecular complexity index is 404.